The molecule has 0 aromatic heterocycles. The summed E-state index contributed by atoms with van der Waals surface area (Å²) in [6.07, 6.45) is 6.61. The normalized spacial score (nSPS) is 36.2. The molecule has 8 heteroatoms. The first-order valence-corrected chi connectivity index (χ1v) is 11.1. The van der Waals surface area contributed by atoms with Crippen LogP contribution in [0.5, 0.6) is 0 Å². The Morgan fingerprint density at radius 3 is 2.34 bits per heavy atom. The minimum atomic E-state index is -0.567. The monoisotopic (exact) mass is 407 g/mol. The van der Waals surface area contributed by atoms with Gasteiger partial charge in [-0.2, -0.15) is 0 Å². The molecule has 2 aliphatic carbocycles. The summed E-state index contributed by atoms with van der Waals surface area (Å²) in [4.78, 5) is 26.7. The number of aliphatic hydroxyl groups is 1. The number of carbonyl (C=O) groups is 2. The second-order valence-electron chi connectivity index (χ2n) is 9.46. The Morgan fingerprint density at radius 2 is 1.76 bits per heavy atom. The number of primary amides is 1. The summed E-state index contributed by atoms with van der Waals surface area (Å²) in [7, 11) is 0. The first kappa shape index (κ1) is 22.0. The van der Waals surface area contributed by atoms with Crippen molar-refractivity contribution in [3.63, 3.8) is 0 Å². The predicted octanol–water partition coefficient (Wildman–Crippen LogP) is 0.570. The molecule has 5 atom stereocenters. The molecule has 164 valence electrons. The second kappa shape index (κ2) is 9.43. The summed E-state index contributed by atoms with van der Waals surface area (Å²) in [5.41, 5.74) is 11.3. The van der Waals surface area contributed by atoms with Crippen molar-refractivity contribution in [2.24, 2.45) is 35.1 Å². The van der Waals surface area contributed by atoms with Gasteiger partial charge in [0.05, 0.1) is 18.0 Å². The molecule has 8 nitrogen and oxygen atoms in total. The van der Waals surface area contributed by atoms with Crippen molar-refractivity contribution in [2.45, 2.75) is 76.5 Å². The van der Waals surface area contributed by atoms with Crippen LogP contribution in [0.3, 0.4) is 0 Å². The molecule has 1 heterocycles. The molecule has 0 radical (unpaired) electrons. The molecule has 29 heavy (non-hydrogen) atoms. The number of amidine groups is 1. The van der Waals surface area contributed by atoms with Gasteiger partial charge in [-0.3, -0.25) is 19.9 Å². The number of aliphatic hydroxyl groups excluding tert-OH is 1. The number of nitrogens with one attached hydrogen (secondary N) is 2. The van der Waals surface area contributed by atoms with Crippen molar-refractivity contribution in [1.29, 1.82) is 5.41 Å². The number of hydrogen-bond acceptors (Lipinski definition) is 5. The van der Waals surface area contributed by atoms with E-state index in [4.69, 9.17) is 16.9 Å². The van der Waals surface area contributed by atoms with Gasteiger partial charge in [0, 0.05) is 31.0 Å². The lowest BCUT2D eigenvalue weighted by Gasteiger charge is -2.39. The number of fused-ring (bicyclic) bond motifs is 1. The van der Waals surface area contributed by atoms with Gasteiger partial charge < -0.3 is 21.9 Å². The van der Waals surface area contributed by atoms with E-state index in [0.29, 0.717) is 11.8 Å². The molecule has 2 amide bonds. The van der Waals surface area contributed by atoms with Gasteiger partial charge >= 0.3 is 0 Å². The van der Waals surface area contributed by atoms with Gasteiger partial charge in [0.15, 0.2) is 0 Å². The van der Waals surface area contributed by atoms with Crippen LogP contribution < -0.4 is 16.8 Å². The molecule has 0 spiro atoms. The predicted molar refractivity (Wildman–Crippen MR) is 111 cm³/mol. The number of nitrogens with two attached hydrogens (primary N) is 2. The van der Waals surface area contributed by atoms with Crippen molar-refractivity contribution >= 4 is 17.6 Å². The fourth-order valence-electron chi connectivity index (χ4n) is 5.64. The van der Waals surface area contributed by atoms with Crippen molar-refractivity contribution < 1.29 is 14.7 Å². The maximum atomic E-state index is 12.9. The average molecular weight is 408 g/mol. The van der Waals surface area contributed by atoms with E-state index in [1.54, 1.807) is 6.92 Å². The molecule has 3 fully saturated rings. The van der Waals surface area contributed by atoms with Crippen LogP contribution in [-0.2, 0) is 9.59 Å². The molecular formula is C21H37N5O3. The zero-order chi connectivity index (χ0) is 21.1. The number of nitrogens with zero attached hydrogens (tertiary/aromatic N) is 1. The zero-order valence-corrected chi connectivity index (χ0v) is 17.5. The number of carbonyl (C=O) groups excluding carboxylic acids is 2. The standard InChI is InChI=1S/C21H37N5O3/c1-12(27)10-25-21(29)18-8-15-6-7-16(19(22)23)9-17(15)26(18)11-13-2-4-14(5-3-13)20(24)28/h12-18,27H,2-11H2,1H3,(H3,22,23)(H2,24,28)(H,25,29)/t12-,13?,14?,15?,16?,17?,18?/m1/s1. The van der Waals surface area contributed by atoms with Gasteiger partial charge in [0.25, 0.3) is 0 Å². The Hall–Kier alpha value is -1.67. The third-order valence-corrected chi connectivity index (χ3v) is 7.34. The highest BCUT2D eigenvalue weighted by molar-refractivity contribution is 5.82. The van der Waals surface area contributed by atoms with E-state index >= 15 is 0 Å². The number of likely N-dealkylation sites (tertiary alicyclic amines) is 1. The minimum absolute atomic E-state index is 0.00880. The van der Waals surface area contributed by atoms with Crippen LogP contribution >= 0.6 is 0 Å². The van der Waals surface area contributed by atoms with E-state index < -0.39 is 6.10 Å². The first-order chi connectivity index (χ1) is 13.8. The summed E-state index contributed by atoms with van der Waals surface area (Å²) in [6, 6.07) is 0.0807. The lowest BCUT2D eigenvalue weighted by Crippen LogP contribution is -2.50. The van der Waals surface area contributed by atoms with E-state index in [-0.39, 0.29) is 48.1 Å². The van der Waals surface area contributed by atoms with Crippen LogP contribution in [0.25, 0.3) is 0 Å². The quantitative estimate of drug-likeness (QED) is 0.309. The Balaban J connectivity index is 1.69. The average Bonchev–Trinajstić information content (AvgIpc) is 3.04. The highest BCUT2D eigenvalue weighted by atomic mass is 16.3. The van der Waals surface area contributed by atoms with Gasteiger partial charge in [-0.1, -0.05) is 0 Å². The highest BCUT2D eigenvalue weighted by Gasteiger charge is 2.47. The zero-order valence-electron chi connectivity index (χ0n) is 17.5. The van der Waals surface area contributed by atoms with E-state index in [9.17, 15) is 14.7 Å². The Bertz CT molecular complexity index is 617. The topological polar surface area (TPSA) is 146 Å². The fourth-order valence-corrected chi connectivity index (χ4v) is 5.64. The van der Waals surface area contributed by atoms with Crippen LogP contribution in [-0.4, -0.2) is 58.9 Å². The maximum Gasteiger partial charge on any atom is 0.237 e. The summed E-state index contributed by atoms with van der Waals surface area (Å²) in [6.45, 7) is 2.77. The van der Waals surface area contributed by atoms with Crippen LogP contribution in [0.2, 0.25) is 0 Å². The Morgan fingerprint density at radius 1 is 1.10 bits per heavy atom. The Labute approximate surface area is 173 Å². The van der Waals surface area contributed by atoms with Gasteiger partial charge in [-0.25, -0.2) is 0 Å². The van der Waals surface area contributed by atoms with E-state index in [0.717, 1.165) is 57.9 Å². The van der Waals surface area contributed by atoms with Crippen LogP contribution in [0.15, 0.2) is 0 Å². The number of amides is 2. The smallest absolute Gasteiger partial charge is 0.237 e. The van der Waals surface area contributed by atoms with Crippen molar-refractivity contribution in [2.75, 3.05) is 13.1 Å². The highest BCUT2D eigenvalue weighted by Crippen LogP contribution is 2.43. The van der Waals surface area contributed by atoms with E-state index in [1.807, 2.05) is 0 Å². The molecule has 3 aliphatic rings. The van der Waals surface area contributed by atoms with Crippen molar-refractivity contribution in [3.8, 4) is 0 Å². The second-order valence-corrected chi connectivity index (χ2v) is 9.46. The van der Waals surface area contributed by atoms with Gasteiger partial charge in [-0.15, -0.1) is 0 Å². The SMILES string of the molecule is C[C@@H](O)CNC(=O)C1CC2CCC(C(=N)N)CC2N1CC1CCC(C(N)=O)CC1. The summed E-state index contributed by atoms with van der Waals surface area (Å²) >= 11 is 0. The molecule has 4 unspecified atom stereocenters. The molecule has 7 N–H and O–H groups in total. The van der Waals surface area contributed by atoms with E-state index in [1.165, 1.54) is 0 Å². The largest absolute Gasteiger partial charge is 0.392 e. The molecule has 0 bridgehead atoms. The van der Waals surface area contributed by atoms with Crippen LogP contribution in [0.1, 0.15) is 58.3 Å². The fraction of sp³-hybridized carbons (Fsp3) is 0.857. The van der Waals surface area contributed by atoms with E-state index in [2.05, 4.69) is 10.2 Å². The maximum absolute atomic E-state index is 12.9. The van der Waals surface area contributed by atoms with Crippen LogP contribution in [0, 0.1) is 29.1 Å². The molecule has 1 saturated heterocycles. The molecule has 3 rings (SSSR count). The minimum Gasteiger partial charge on any atom is -0.392 e. The molecular weight excluding hydrogens is 370 g/mol. The van der Waals surface area contributed by atoms with Crippen molar-refractivity contribution in [3.05, 3.63) is 0 Å². The lowest BCUT2D eigenvalue weighted by atomic mass is 9.77. The van der Waals surface area contributed by atoms with Gasteiger partial charge in [0.1, 0.15) is 0 Å². The van der Waals surface area contributed by atoms with Crippen molar-refractivity contribution in [1.82, 2.24) is 10.2 Å². The molecule has 0 aromatic rings. The van der Waals surface area contributed by atoms with Crippen LogP contribution in [0.4, 0.5) is 0 Å². The third-order valence-electron chi connectivity index (χ3n) is 7.34. The van der Waals surface area contributed by atoms with Gasteiger partial charge in [0.2, 0.25) is 11.8 Å². The van der Waals surface area contributed by atoms with Gasteiger partial charge in [-0.05, 0) is 70.1 Å². The summed E-state index contributed by atoms with van der Waals surface area (Å²) in [5, 5.41) is 20.3. The number of hydrogen-bond donors (Lipinski definition) is 5. The molecule has 2 saturated carbocycles. The molecule has 1 aliphatic heterocycles. The first-order valence-electron chi connectivity index (χ1n) is 11.1. The summed E-state index contributed by atoms with van der Waals surface area (Å²) < 4.78 is 0. The Kier molecular flexibility index (Phi) is 7.16. The lowest BCUT2D eigenvalue weighted by molar-refractivity contribution is -0.126. The third kappa shape index (κ3) is 5.28. The number of rotatable bonds is 7. The molecule has 0 aromatic carbocycles. The summed E-state index contributed by atoms with van der Waals surface area (Å²) in [5.74, 6) is 1.04.